The number of rotatable bonds is 0. The number of nitrogens with two attached hydrogens (primary N) is 1. The number of nitrogens with zero attached hydrogens (tertiary/aromatic N) is 1. The van der Waals surface area contributed by atoms with Gasteiger partial charge in [-0.15, -0.1) is 0 Å². The maximum Gasteiger partial charge on any atom is 0.0993 e. The van der Waals surface area contributed by atoms with E-state index in [-0.39, 0.29) is 0 Å². The first-order valence-corrected chi connectivity index (χ1v) is 3.12. The highest BCUT2D eigenvalue weighted by Crippen LogP contribution is 1.69. The third-order valence-electron chi connectivity index (χ3n) is 0.933. The van der Waals surface area contributed by atoms with Crippen LogP contribution in [0.2, 0.25) is 0 Å². The zero-order valence-electron chi connectivity index (χ0n) is 5.76. The van der Waals surface area contributed by atoms with Gasteiger partial charge in [-0.3, -0.25) is 0 Å². The molecule has 0 aliphatic carbocycles. The van der Waals surface area contributed by atoms with Gasteiger partial charge in [0, 0.05) is 6.92 Å². The third-order valence-corrected chi connectivity index (χ3v) is 0.933. The van der Waals surface area contributed by atoms with Crippen LogP contribution >= 0.6 is 0 Å². The Hall–Kier alpha value is -0.590. The van der Waals surface area contributed by atoms with Crippen LogP contribution in [0.5, 0.6) is 0 Å². The van der Waals surface area contributed by atoms with Crippen LogP contribution in [0.4, 0.5) is 0 Å². The van der Waals surface area contributed by atoms with Crippen LogP contribution in [0.15, 0.2) is 0 Å². The van der Waals surface area contributed by atoms with Gasteiger partial charge in [0.1, 0.15) is 0 Å². The predicted octanol–water partition coefficient (Wildman–Crippen LogP) is -0.890. The summed E-state index contributed by atoms with van der Waals surface area (Å²) in [6, 6.07) is 1.75. The summed E-state index contributed by atoms with van der Waals surface area (Å²) < 4.78 is 5.04. The van der Waals surface area contributed by atoms with E-state index in [0.29, 0.717) is 0 Å². The van der Waals surface area contributed by atoms with E-state index >= 15 is 0 Å². The fourth-order valence-electron chi connectivity index (χ4n) is 0.580. The molecule has 0 spiro atoms. The van der Waals surface area contributed by atoms with Crippen molar-refractivity contribution in [2.24, 2.45) is 0 Å². The Morgan fingerprint density at radius 1 is 1.44 bits per heavy atom. The average Bonchev–Trinajstić information content (AvgIpc) is 1.93. The molecule has 0 aromatic carbocycles. The number of quaternary nitrogens is 1. The molecule has 0 radical (unpaired) electrons. The van der Waals surface area contributed by atoms with Gasteiger partial charge in [-0.05, 0) is 0 Å². The van der Waals surface area contributed by atoms with Crippen molar-refractivity contribution in [3.05, 3.63) is 0 Å². The minimum absolute atomic E-state index is 0.944. The molecule has 1 fully saturated rings. The lowest BCUT2D eigenvalue weighted by atomic mass is 10.5. The summed E-state index contributed by atoms with van der Waals surface area (Å²) in [7, 11) is 0. The summed E-state index contributed by atoms with van der Waals surface area (Å²) in [6.07, 6.45) is 0. The lowest BCUT2D eigenvalue weighted by Crippen LogP contribution is -2.87. The molecular weight excluding hydrogens is 116 g/mol. The van der Waals surface area contributed by atoms with Crippen molar-refractivity contribution < 1.29 is 10.1 Å². The Kier molecular flexibility index (Phi) is 6.92. The zero-order valence-corrected chi connectivity index (χ0v) is 5.76. The van der Waals surface area contributed by atoms with Crippen LogP contribution in [0.25, 0.3) is 0 Å². The molecule has 0 saturated carbocycles. The molecule has 1 rings (SSSR count). The quantitative estimate of drug-likeness (QED) is 0.461. The van der Waals surface area contributed by atoms with Gasteiger partial charge in [0.25, 0.3) is 0 Å². The Labute approximate surface area is 55.6 Å². The van der Waals surface area contributed by atoms with E-state index < -0.39 is 0 Å². The van der Waals surface area contributed by atoms with E-state index in [1.165, 1.54) is 6.92 Å². The summed E-state index contributed by atoms with van der Waals surface area (Å²) in [5, 5.41) is 9.59. The summed E-state index contributed by atoms with van der Waals surface area (Å²) in [4.78, 5) is 0. The predicted molar refractivity (Wildman–Crippen MR) is 33.8 cm³/mol. The minimum Gasteiger partial charge on any atom is -0.370 e. The maximum atomic E-state index is 7.32. The molecule has 3 nitrogen and oxygen atoms in total. The highest BCUT2D eigenvalue weighted by atomic mass is 16.5. The molecule has 1 aliphatic heterocycles. The first kappa shape index (κ1) is 8.41. The van der Waals surface area contributed by atoms with Crippen LogP contribution in [-0.2, 0) is 4.74 Å². The standard InChI is InChI=1S/C4H9NO.C2H3N/c1-3-6-4-2-5-1;1-2-3/h5H,1-4H2;1H3/p+1. The van der Waals surface area contributed by atoms with Crippen molar-refractivity contribution in [1.82, 2.24) is 0 Å². The third kappa shape index (κ3) is 7.41. The molecule has 0 amide bonds. The van der Waals surface area contributed by atoms with E-state index in [4.69, 9.17) is 10.00 Å². The molecule has 9 heavy (non-hydrogen) atoms. The molecule has 1 saturated heterocycles. The van der Waals surface area contributed by atoms with Gasteiger partial charge >= 0.3 is 0 Å². The highest BCUT2D eigenvalue weighted by Gasteiger charge is 1.96. The van der Waals surface area contributed by atoms with E-state index in [1.54, 1.807) is 6.07 Å². The van der Waals surface area contributed by atoms with E-state index in [9.17, 15) is 0 Å². The lowest BCUT2D eigenvalue weighted by Gasteiger charge is -2.07. The van der Waals surface area contributed by atoms with Gasteiger partial charge in [-0.25, -0.2) is 0 Å². The second-order valence-electron chi connectivity index (χ2n) is 1.70. The minimum atomic E-state index is 0.944. The Bertz CT molecular complexity index is 72.0. The van der Waals surface area contributed by atoms with Crippen LogP contribution in [-0.4, -0.2) is 26.3 Å². The van der Waals surface area contributed by atoms with Crippen molar-refractivity contribution in [3.63, 3.8) is 0 Å². The largest absolute Gasteiger partial charge is 0.370 e. The van der Waals surface area contributed by atoms with Crippen molar-refractivity contribution in [3.8, 4) is 6.07 Å². The lowest BCUT2D eigenvalue weighted by molar-refractivity contribution is -0.670. The monoisotopic (exact) mass is 129 g/mol. The first-order valence-electron chi connectivity index (χ1n) is 3.12. The molecule has 0 unspecified atom stereocenters. The topological polar surface area (TPSA) is 49.6 Å². The highest BCUT2D eigenvalue weighted by molar-refractivity contribution is 4.51. The molecule has 0 aromatic rings. The number of hydrogen-bond acceptors (Lipinski definition) is 2. The number of morpholine rings is 1. The van der Waals surface area contributed by atoms with E-state index in [0.717, 1.165) is 26.3 Å². The summed E-state index contributed by atoms with van der Waals surface area (Å²) in [5.41, 5.74) is 0. The SMILES string of the molecule is C1COCC[NH2+]1.CC#N. The Balaban J connectivity index is 0.000000187. The number of hydrogen-bond donors (Lipinski definition) is 1. The van der Waals surface area contributed by atoms with E-state index in [2.05, 4.69) is 5.32 Å². The number of ether oxygens (including phenoxy) is 1. The second-order valence-corrected chi connectivity index (χ2v) is 1.70. The average molecular weight is 129 g/mol. The van der Waals surface area contributed by atoms with Crippen LogP contribution in [0.3, 0.4) is 0 Å². The molecule has 0 atom stereocenters. The van der Waals surface area contributed by atoms with Gasteiger partial charge in [0.15, 0.2) is 0 Å². The summed E-state index contributed by atoms with van der Waals surface area (Å²) in [5.74, 6) is 0. The fourth-order valence-corrected chi connectivity index (χ4v) is 0.580. The molecule has 1 heterocycles. The van der Waals surface area contributed by atoms with Crippen molar-refractivity contribution in [2.75, 3.05) is 26.3 Å². The first-order chi connectivity index (χ1) is 4.41. The summed E-state index contributed by atoms with van der Waals surface area (Å²) >= 11 is 0. The zero-order chi connectivity index (χ0) is 6.95. The molecular formula is C6H13N2O+. The number of nitriles is 1. The smallest absolute Gasteiger partial charge is 0.0993 e. The maximum absolute atomic E-state index is 7.32. The normalized spacial score (nSPS) is 16.9. The Morgan fingerprint density at radius 3 is 2.00 bits per heavy atom. The second kappa shape index (κ2) is 7.41. The van der Waals surface area contributed by atoms with Gasteiger partial charge < -0.3 is 10.1 Å². The summed E-state index contributed by atoms with van der Waals surface area (Å²) in [6.45, 7) is 5.62. The van der Waals surface area contributed by atoms with Gasteiger partial charge in [-0.1, -0.05) is 0 Å². The molecule has 3 heteroatoms. The van der Waals surface area contributed by atoms with Crippen LogP contribution in [0, 0.1) is 11.3 Å². The van der Waals surface area contributed by atoms with Gasteiger partial charge in [0.05, 0.1) is 32.4 Å². The van der Waals surface area contributed by atoms with Crippen molar-refractivity contribution in [1.29, 1.82) is 5.26 Å². The molecule has 1 aliphatic rings. The van der Waals surface area contributed by atoms with Crippen LogP contribution < -0.4 is 5.32 Å². The molecule has 0 bridgehead atoms. The molecule has 52 valence electrons. The Morgan fingerprint density at radius 2 is 1.89 bits per heavy atom. The molecule has 2 N–H and O–H groups in total. The van der Waals surface area contributed by atoms with Gasteiger partial charge in [-0.2, -0.15) is 5.26 Å². The fraction of sp³-hybridized carbons (Fsp3) is 0.833. The van der Waals surface area contributed by atoms with Crippen molar-refractivity contribution in [2.45, 2.75) is 6.92 Å². The van der Waals surface area contributed by atoms with Gasteiger partial charge in [0.2, 0.25) is 0 Å². The van der Waals surface area contributed by atoms with Crippen molar-refractivity contribution >= 4 is 0 Å². The van der Waals surface area contributed by atoms with E-state index in [1.807, 2.05) is 0 Å². The van der Waals surface area contributed by atoms with Crippen LogP contribution in [0.1, 0.15) is 6.92 Å². The molecule has 0 aromatic heterocycles.